The fourth-order valence-electron chi connectivity index (χ4n) is 2.66. The summed E-state index contributed by atoms with van der Waals surface area (Å²) in [6.07, 6.45) is 1.12. The Hall–Kier alpha value is -1.47. The van der Waals surface area contributed by atoms with E-state index in [0.717, 1.165) is 0 Å². The van der Waals surface area contributed by atoms with Crippen LogP contribution in [-0.2, 0) is 10.0 Å². The molecule has 0 radical (unpaired) electrons. The molecule has 1 aromatic carbocycles. The molecular weight excluding hydrogens is 307 g/mol. The molecule has 0 unspecified atom stereocenters. The minimum Gasteiger partial charge on any atom is -0.337 e. The molecule has 0 bridgehead atoms. The van der Waals surface area contributed by atoms with E-state index in [2.05, 4.69) is 4.72 Å². The van der Waals surface area contributed by atoms with Crippen molar-refractivity contribution in [1.82, 2.24) is 9.62 Å². The number of benzene rings is 1. The Balaban J connectivity index is 2.02. The molecule has 0 spiro atoms. The van der Waals surface area contributed by atoms with Crippen LogP contribution in [-0.4, -0.2) is 44.1 Å². The predicted molar refractivity (Wildman–Crippen MR) is 82.7 cm³/mol. The number of halogens is 1. The molecule has 122 valence electrons. The third kappa shape index (κ3) is 4.27. The first-order valence-electron chi connectivity index (χ1n) is 7.37. The summed E-state index contributed by atoms with van der Waals surface area (Å²) < 4.78 is 39.5. The highest BCUT2D eigenvalue weighted by molar-refractivity contribution is 7.89. The molecule has 0 aromatic heterocycles. The van der Waals surface area contributed by atoms with E-state index in [1.807, 2.05) is 0 Å². The Kier molecular flexibility index (Phi) is 5.18. The first kappa shape index (κ1) is 16.9. The predicted octanol–water partition coefficient (Wildman–Crippen LogP) is 1.68. The van der Waals surface area contributed by atoms with E-state index in [-0.39, 0.29) is 17.7 Å². The van der Waals surface area contributed by atoms with E-state index in [4.69, 9.17) is 0 Å². The molecule has 1 atom stereocenters. The number of hydrogen-bond donors (Lipinski definition) is 1. The standard InChI is InChI=1S/C15H21FN2O3S/c1-3-6-22(20,21)17-14-4-5-18(10-14)15(19)12-7-11(2)8-13(16)9-12/h7-9,14,17H,3-6,10H2,1-2H3/t14-/m0/s1. The van der Waals surface area contributed by atoms with E-state index >= 15 is 0 Å². The van der Waals surface area contributed by atoms with Gasteiger partial charge in [0.2, 0.25) is 10.0 Å². The molecule has 1 saturated heterocycles. The average Bonchev–Trinajstić information content (AvgIpc) is 2.84. The van der Waals surface area contributed by atoms with Crippen LogP contribution in [0.1, 0.15) is 35.7 Å². The van der Waals surface area contributed by atoms with Crippen LogP contribution in [0.25, 0.3) is 0 Å². The summed E-state index contributed by atoms with van der Waals surface area (Å²) in [6.45, 7) is 4.31. The number of likely N-dealkylation sites (tertiary alicyclic amines) is 1. The number of rotatable bonds is 5. The Bertz CT molecular complexity index is 641. The van der Waals surface area contributed by atoms with Gasteiger partial charge >= 0.3 is 0 Å². The maximum absolute atomic E-state index is 13.4. The summed E-state index contributed by atoms with van der Waals surface area (Å²) in [4.78, 5) is 13.9. The number of hydrogen-bond acceptors (Lipinski definition) is 3. The van der Waals surface area contributed by atoms with Crippen molar-refractivity contribution in [3.63, 3.8) is 0 Å². The highest BCUT2D eigenvalue weighted by Gasteiger charge is 2.29. The van der Waals surface area contributed by atoms with Gasteiger partial charge in [-0.2, -0.15) is 0 Å². The van der Waals surface area contributed by atoms with E-state index in [0.29, 0.717) is 37.1 Å². The van der Waals surface area contributed by atoms with Crippen molar-refractivity contribution >= 4 is 15.9 Å². The summed E-state index contributed by atoms with van der Waals surface area (Å²) in [7, 11) is -3.29. The monoisotopic (exact) mass is 328 g/mol. The first-order valence-corrected chi connectivity index (χ1v) is 9.02. The summed E-state index contributed by atoms with van der Waals surface area (Å²) in [5, 5.41) is 0. The summed E-state index contributed by atoms with van der Waals surface area (Å²) in [6, 6.07) is 3.95. The van der Waals surface area contributed by atoms with Crippen molar-refractivity contribution < 1.29 is 17.6 Å². The van der Waals surface area contributed by atoms with Gasteiger partial charge in [0, 0.05) is 24.7 Å². The molecule has 5 nitrogen and oxygen atoms in total. The zero-order valence-corrected chi connectivity index (χ0v) is 13.6. The summed E-state index contributed by atoms with van der Waals surface area (Å²) >= 11 is 0. The van der Waals surface area contributed by atoms with E-state index in [1.165, 1.54) is 12.1 Å². The van der Waals surface area contributed by atoms with Gasteiger partial charge in [0.15, 0.2) is 0 Å². The van der Waals surface area contributed by atoms with E-state index in [9.17, 15) is 17.6 Å². The van der Waals surface area contributed by atoms with Gasteiger partial charge in [-0.3, -0.25) is 4.79 Å². The molecule has 1 N–H and O–H groups in total. The van der Waals surface area contributed by atoms with Gasteiger partial charge in [0.25, 0.3) is 5.91 Å². The van der Waals surface area contributed by atoms with Crippen LogP contribution in [0, 0.1) is 12.7 Å². The van der Waals surface area contributed by atoms with Gasteiger partial charge in [-0.25, -0.2) is 17.5 Å². The van der Waals surface area contributed by atoms with E-state index in [1.54, 1.807) is 24.8 Å². The zero-order valence-electron chi connectivity index (χ0n) is 12.8. The SMILES string of the molecule is CCCS(=O)(=O)N[C@H]1CCN(C(=O)c2cc(C)cc(F)c2)C1. The molecule has 22 heavy (non-hydrogen) atoms. The molecule has 1 fully saturated rings. The second kappa shape index (κ2) is 6.75. The van der Waals surface area contributed by atoms with Gasteiger partial charge in [0.05, 0.1) is 5.75 Å². The lowest BCUT2D eigenvalue weighted by molar-refractivity contribution is 0.0789. The zero-order chi connectivity index (χ0) is 16.3. The van der Waals surface area contributed by atoms with Gasteiger partial charge in [-0.05, 0) is 43.5 Å². The van der Waals surface area contributed by atoms with Crippen LogP contribution < -0.4 is 4.72 Å². The van der Waals surface area contributed by atoms with E-state index < -0.39 is 15.8 Å². The number of sulfonamides is 1. The van der Waals surface area contributed by atoms with Crippen molar-refractivity contribution in [3.05, 3.63) is 35.1 Å². The topological polar surface area (TPSA) is 66.5 Å². The minimum atomic E-state index is -3.29. The fourth-order valence-corrected chi connectivity index (χ4v) is 4.02. The third-order valence-electron chi connectivity index (χ3n) is 3.58. The second-order valence-electron chi connectivity index (χ2n) is 5.69. The van der Waals surface area contributed by atoms with Crippen LogP contribution in [0.5, 0.6) is 0 Å². The van der Waals surface area contributed by atoms with Crippen molar-refractivity contribution in [2.24, 2.45) is 0 Å². The quantitative estimate of drug-likeness (QED) is 0.894. The van der Waals surface area contributed by atoms with Gasteiger partial charge in [0.1, 0.15) is 5.82 Å². The minimum absolute atomic E-state index is 0.0839. The highest BCUT2D eigenvalue weighted by Crippen LogP contribution is 2.16. The number of carbonyl (C=O) groups is 1. The van der Waals surface area contributed by atoms with Gasteiger partial charge in [-0.1, -0.05) is 6.92 Å². The molecular formula is C15H21FN2O3S. The number of carbonyl (C=O) groups excluding carboxylic acids is 1. The maximum atomic E-state index is 13.4. The molecule has 1 aliphatic heterocycles. The third-order valence-corrected chi connectivity index (χ3v) is 5.22. The highest BCUT2D eigenvalue weighted by atomic mass is 32.2. The van der Waals surface area contributed by atoms with Crippen molar-refractivity contribution in [2.45, 2.75) is 32.7 Å². The molecule has 0 saturated carbocycles. The Morgan fingerprint density at radius 3 is 2.77 bits per heavy atom. The molecule has 1 aromatic rings. The summed E-state index contributed by atoms with van der Waals surface area (Å²) in [5.74, 6) is -0.622. The lowest BCUT2D eigenvalue weighted by Gasteiger charge is -2.17. The number of aryl methyl sites for hydroxylation is 1. The molecule has 2 rings (SSSR count). The van der Waals surface area contributed by atoms with Crippen LogP contribution >= 0.6 is 0 Å². The van der Waals surface area contributed by atoms with Crippen LogP contribution in [0.2, 0.25) is 0 Å². The average molecular weight is 328 g/mol. The lowest BCUT2D eigenvalue weighted by atomic mass is 10.1. The maximum Gasteiger partial charge on any atom is 0.254 e. The smallest absolute Gasteiger partial charge is 0.254 e. The Morgan fingerprint density at radius 2 is 2.14 bits per heavy atom. The fraction of sp³-hybridized carbons (Fsp3) is 0.533. The number of nitrogens with zero attached hydrogens (tertiary/aromatic N) is 1. The molecule has 7 heteroatoms. The molecule has 1 heterocycles. The van der Waals surface area contributed by atoms with Crippen LogP contribution in [0.3, 0.4) is 0 Å². The normalized spacial score (nSPS) is 18.7. The van der Waals surface area contributed by atoms with Crippen LogP contribution in [0.15, 0.2) is 18.2 Å². The van der Waals surface area contributed by atoms with Gasteiger partial charge in [-0.15, -0.1) is 0 Å². The van der Waals surface area contributed by atoms with Crippen LogP contribution in [0.4, 0.5) is 4.39 Å². The molecule has 1 amide bonds. The molecule has 0 aliphatic carbocycles. The Morgan fingerprint density at radius 1 is 1.41 bits per heavy atom. The molecule has 1 aliphatic rings. The lowest BCUT2D eigenvalue weighted by Crippen LogP contribution is -2.39. The van der Waals surface area contributed by atoms with Gasteiger partial charge < -0.3 is 4.90 Å². The number of amides is 1. The second-order valence-corrected chi connectivity index (χ2v) is 7.56. The largest absolute Gasteiger partial charge is 0.337 e. The summed E-state index contributed by atoms with van der Waals surface area (Å²) in [5.41, 5.74) is 0.984. The van der Waals surface area contributed by atoms with Crippen molar-refractivity contribution in [1.29, 1.82) is 0 Å². The van der Waals surface area contributed by atoms with Crippen molar-refractivity contribution in [3.8, 4) is 0 Å². The first-order chi connectivity index (χ1) is 10.3. The number of nitrogens with one attached hydrogen (secondary N) is 1. The Labute approximate surface area is 130 Å². The van der Waals surface area contributed by atoms with Crippen molar-refractivity contribution in [2.75, 3.05) is 18.8 Å².